The Morgan fingerprint density at radius 1 is 0.772 bits per heavy atom. The van der Waals surface area contributed by atoms with Gasteiger partial charge in [-0.05, 0) is 109 Å². The van der Waals surface area contributed by atoms with Gasteiger partial charge in [0.2, 0.25) is 11.8 Å². The number of fused-ring (bicyclic) bond motifs is 6. The number of aromatic hydroxyl groups is 1. The summed E-state index contributed by atoms with van der Waals surface area (Å²) in [6, 6.07) is 19.4. The molecule has 2 aliphatic carbocycles. The third-order valence-electron chi connectivity index (χ3n) is 14.9. The van der Waals surface area contributed by atoms with Crippen molar-refractivity contribution in [2.24, 2.45) is 0 Å². The van der Waals surface area contributed by atoms with Gasteiger partial charge in [0.05, 0.1) is 29.1 Å². The van der Waals surface area contributed by atoms with Gasteiger partial charge in [-0.25, -0.2) is 14.4 Å². The van der Waals surface area contributed by atoms with Crippen LogP contribution in [-0.4, -0.2) is 120 Å². The van der Waals surface area contributed by atoms with Crippen LogP contribution in [0.1, 0.15) is 62.2 Å². The van der Waals surface area contributed by atoms with Crippen LogP contribution in [0.15, 0.2) is 122 Å². The molecule has 3 atom stereocenters. The quantitative estimate of drug-likeness (QED) is 0.0347. The first kappa shape index (κ1) is 51.5. The number of phenols is 1. The average Bonchev–Trinajstić information content (AvgIpc) is 3.59. The third kappa shape index (κ3) is 9.37. The van der Waals surface area contributed by atoms with Crippen LogP contribution in [-0.2, 0) is 36.8 Å². The molecule has 4 aromatic rings. The maximum Gasteiger partial charge on any atom is 0.352 e. The van der Waals surface area contributed by atoms with Crippen molar-refractivity contribution in [1.29, 1.82) is 0 Å². The lowest BCUT2D eigenvalue weighted by atomic mass is 9.82. The number of benzene rings is 5. The van der Waals surface area contributed by atoms with E-state index in [0.29, 0.717) is 66.5 Å². The monoisotopic (exact) mass is 1120 g/mol. The van der Waals surface area contributed by atoms with Crippen LogP contribution in [0.5, 0.6) is 11.5 Å². The fourth-order valence-corrected chi connectivity index (χ4v) is 14.6. The summed E-state index contributed by atoms with van der Waals surface area (Å²) in [5.74, 6) is -5.12. The Hall–Kier alpha value is -8.27. The fourth-order valence-electron chi connectivity index (χ4n) is 11.5. The van der Waals surface area contributed by atoms with E-state index in [-0.39, 0.29) is 68.9 Å². The molecule has 1 fully saturated rings. The molecule has 12 rings (SSSR count). The first-order valence-corrected chi connectivity index (χ1v) is 28.5. The molecule has 0 bridgehead atoms. The lowest BCUT2D eigenvalue weighted by Crippen LogP contribution is -2.70. The normalized spacial score (nSPS) is 19.0. The van der Waals surface area contributed by atoms with Crippen LogP contribution in [0.25, 0.3) is 39.0 Å². The number of allylic oxidation sites excluding steroid dienone is 1. The minimum atomic E-state index is -1.34. The number of nitrogens with one attached hydrogen (secondary N) is 2. The highest BCUT2D eigenvalue weighted by atomic mass is 32.2. The number of aromatic carboxylic acids is 2. The summed E-state index contributed by atoms with van der Waals surface area (Å²) in [5, 5.41) is 47.1. The van der Waals surface area contributed by atoms with E-state index >= 15 is 0 Å². The number of carbonyl (C=O) groups is 7. The molecular weight excluding hydrogens is 1070 g/mol. The number of aliphatic carboxylic acids is 1. The zero-order valence-electron chi connectivity index (χ0n) is 41.7. The molecule has 21 heteroatoms. The zero-order valence-corrected chi connectivity index (χ0v) is 44.1. The van der Waals surface area contributed by atoms with Crippen molar-refractivity contribution in [2.45, 2.75) is 54.5 Å². The van der Waals surface area contributed by atoms with Crippen molar-refractivity contribution in [1.82, 2.24) is 10.2 Å². The maximum atomic E-state index is 13.6. The molecule has 400 valence electrons. The number of nitrogens with zero attached hydrogens (tertiary/aromatic N) is 2. The van der Waals surface area contributed by atoms with Crippen molar-refractivity contribution >= 4 is 105 Å². The summed E-state index contributed by atoms with van der Waals surface area (Å²) < 4.78 is 12.6. The van der Waals surface area contributed by atoms with Gasteiger partial charge in [-0.3, -0.25) is 28.9 Å². The Kier molecular flexibility index (Phi) is 13.4. The minimum absolute atomic E-state index is 0.0308. The first-order chi connectivity index (χ1) is 38.1. The Morgan fingerprint density at radius 2 is 1.53 bits per heavy atom. The van der Waals surface area contributed by atoms with E-state index in [1.807, 2.05) is 0 Å². The molecule has 18 nitrogen and oxygen atoms in total. The number of phenolic OH excluding ortho intramolecular Hbond substituents is 1. The van der Waals surface area contributed by atoms with Crippen molar-refractivity contribution in [2.75, 3.05) is 46.3 Å². The van der Waals surface area contributed by atoms with E-state index < -0.39 is 53.1 Å². The third-order valence-corrected chi connectivity index (χ3v) is 18.2. The van der Waals surface area contributed by atoms with Gasteiger partial charge >= 0.3 is 17.9 Å². The molecule has 6 aliphatic heterocycles. The summed E-state index contributed by atoms with van der Waals surface area (Å²) in [5.41, 5.74) is 7.57. The molecule has 0 aromatic heterocycles. The molecule has 1 saturated heterocycles. The van der Waals surface area contributed by atoms with Crippen LogP contribution >= 0.6 is 35.3 Å². The number of hydrogen-bond acceptors (Lipinski definition) is 15. The van der Waals surface area contributed by atoms with Crippen molar-refractivity contribution in [3.05, 3.63) is 151 Å². The second-order valence-electron chi connectivity index (χ2n) is 19.8. The molecule has 0 radical (unpaired) electrons. The van der Waals surface area contributed by atoms with E-state index in [1.54, 1.807) is 42.5 Å². The number of β-lactam (4-membered cyclic amide) rings is 1. The number of ether oxygens (including phenoxy) is 1. The van der Waals surface area contributed by atoms with Crippen molar-refractivity contribution in [3.63, 3.8) is 0 Å². The number of thioether (sulfide) groups is 3. The average molecular weight is 1120 g/mol. The van der Waals surface area contributed by atoms with Crippen LogP contribution in [0.3, 0.4) is 0 Å². The van der Waals surface area contributed by atoms with Gasteiger partial charge in [-0.15, -0.1) is 35.3 Å². The number of carboxylic acids is 3. The topological polar surface area (TPSA) is 270 Å². The smallest absolute Gasteiger partial charge is 0.352 e. The maximum absolute atomic E-state index is 13.6. The van der Waals surface area contributed by atoms with Gasteiger partial charge < -0.3 is 45.1 Å². The Balaban J connectivity index is 0.699. The number of hydrogen-bond donors (Lipinski definition) is 6. The highest BCUT2D eigenvalue weighted by molar-refractivity contribution is 8.01. The van der Waals surface area contributed by atoms with Crippen LogP contribution in [0.2, 0.25) is 0 Å². The molecule has 3 unspecified atom stereocenters. The molecule has 8 aliphatic rings. The molecule has 79 heavy (non-hydrogen) atoms. The zero-order chi connectivity index (χ0) is 55.0. The number of aryl methyl sites for hydroxylation is 2. The highest BCUT2D eigenvalue weighted by Gasteiger charge is 2.54. The summed E-state index contributed by atoms with van der Waals surface area (Å²) in [7, 11) is 0. The van der Waals surface area contributed by atoms with E-state index in [9.17, 15) is 58.8 Å². The number of amides is 3. The summed E-state index contributed by atoms with van der Waals surface area (Å²) in [6.45, 7) is 1.88. The standard InChI is InChI=1S/C58H46N4O14S3/c63-30-6-11-36-43(19-30)75-44-20-31(64)7-12-37(44)48(36)35-14-9-33(22-41(35)57(71)72)78-26-47(67)60-50-54(68)62-52(58(73)74)28(24-79-55(50)62)23-77-25-46(66)59-29-5-10-34(40(18-29)56(69)70)49-38-13-8-32(65)21-45(38)76-53-39-4-2-16-61-15-1-3-27(51(39)61)17-42(49)53/h5-14,17-19,21-22,44,50,55,63H,1-4,15-16,20,23-26H2,(H,59,66)(H,60,67)(H,69,70)(H,71,72)(H,73,74). The fraction of sp³-hybridized carbons (Fsp3) is 0.241. The van der Waals surface area contributed by atoms with E-state index in [0.717, 1.165) is 89.4 Å². The van der Waals surface area contributed by atoms with Crippen LogP contribution in [0.4, 0.5) is 11.4 Å². The highest BCUT2D eigenvalue weighted by Crippen LogP contribution is 2.49. The second kappa shape index (κ2) is 20.5. The van der Waals surface area contributed by atoms with Gasteiger partial charge in [-0.2, -0.15) is 0 Å². The van der Waals surface area contributed by atoms with E-state index in [2.05, 4.69) is 21.6 Å². The molecule has 6 N–H and O–H groups in total. The number of anilines is 2. The van der Waals surface area contributed by atoms with Crippen LogP contribution in [0, 0.1) is 0 Å². The van der Waals surface area contributed by atoms with Crippen molar-refractivity contribution < 1.29 is 63.1 Å². The molecule has 4 aromatic carbocycles. The second-order valence-corrected chi connectivity index (χ2v) is 22.9. The predicted octanol–water partition coefficient (Wildman–Crippen LogP) is 7.66. The first-order valence-electron chi connectivity index (χ1n) is 25.3. The molecule has 6 heterocycles. The number of ketones is 1. The van der Waals surface area contributed by atoms with Gasteiger partial charge in [-0.1, -0.05) is 18.2 Å². The van der Waals surface area contributed by atoms with E-state index in [4.69, 9.17) is 9.15 Å². The predicted molar refractivity (Wildman–Crippen MR) is 297 cm³/mol. The number of carboxylic acid groups (broad SMARTS) is 3. The lowest BCUT2D eigenvalue weighted by Gasteiger charge is -2.49. The molecule has 3 amide bonds. The van der Waals surface area contributed by atoms with Gasteiger partial charge in [0.15, 0.2) is 11.2 Å². The minimum Gasteiger partial charge on any atom is -0.508 e. The van der Waals surface area contributed by atoms with Gasteiger partial charge in [0.25, 0.3) is 5.91 Å². The Bertz CT molecular complexity index is 3840. The lowest BCUT2D eigenvalue weighted by molar-refractivity contribution is -0.150. The van der Waals surface area contributed by atoms with Gasteiger partial charge in [0.1, 0.15) is 46.1 Å². The summed E-state index contributed by atoms with van der Waals surface area (Å²) in [6.07, 6.45) is 5.91. The Morgan fingerprint density at radius 3 is 2.33 bits per heavy atom. The number of rotatable bonds is 14. The number of carbonyl (C=O) groups excluding carboxylic acids is 4. The van der Waals surface area contributed by atoms with Crippen LogP contribution < -0.4 is 25.7 Å². The molecule has 0 saturated carbocycles. The summed E-state index contributed by atoms with van der Waals surface area (Å²) in [4.78, 5) is 108. The molecule has 0 spiro atoms. The SMILES string of the molecule is O=C1C=CC2=C(c3ccc(SCC(=O)NC4C(=O)N5C(C(=O)O)=C(CSCC(=O)Nc6ccc(-c7c8ccc(=O)cc-8oc8c9c%10c(cc78)CCCN%10CCC9)c(C(=O)O)c6)CSC45)cc3C(=O)O)c3ccc(O)cc3OC2C1. The van der Waals surface area contributed by atoms with Crippen molar-refractivity contribution in [3.8, 4) is 33.9 Å². The largest absolute Gasteiger partial charge is 0.508 e. The molecular formula is C58H46N4O14S3. The Labute approximate surface area is 461 Å². The summed E-state index contributed by atoms with van der Waals surface area (Å²) >= 11 is 3.43. The van der Waals surface area contributed by atoms with Gasteiger partial charge in [0, 0.05) is 91.8 Å². The van der Waals surface area contributed by atoms with E-state index in [1.165, 1.54) is 54.2 Å².